The summed E-state index contributed by atoms with van der Waals surface area (Å²) in [4.78, 5) is 97.8. The summed E-state index contributed by atoms with van der Waals surface area (Å²) in [6, 6.07) is 11.1. The molecular weight excluding hydrogens is 743 g/mol. The minimum atomic E-state index is -1.21. The van der Waals surface area contributed by atoms with Crippen LogP contribution in [0.4, 0.5) is 0 Å². The Morgan fingerprint density at radius 1 is 0.672 bits per heavy atom. The molecule has 15 heteroatoms. The minimum Gasteiger partial charge on any atom is -0.480 e. The largest absolute Gasteiger partial charge is 0.480 e. The number of benzene rings is 2. The van der Waals surface area contributed by atoms with Crippen molar-refractivity contribution in [3.8, 4) is 0 Å². The van der Waals surface area contributed by atoms with E-state index in [0.717, 1.165) is 11.1 Å². The van der Waals surface area contributed by atoms with Crippen LogP contribution < -0.4 is 27.0 Å². The number of carbonyl (C=O) groups is 7. The molecule has 15 nitrogen and oxygen atoms in total. The number of hydrogen-bond donors (Lipinski definition) is 6. The molecule has 0 unspecified atom stereocenters. The van der Waals surface area contributed by atoms with E-state index in [0.29, 0.717) is 45.1 Å². The van der Waals surface area contributed by atoms with Gasteiger partial charge in [0.15, 0.2) is 0 Å². The van der Waals surface area contributed by atoms with Gasteiger partial charge in [-0.1, -0.05) is 94.8 Å². The fourth-order valence-electron chi connectivity index (χ4n) is 7.56. The number of amides is 6. The molecule has 0 spiro atoms. The Kier molecular flexibility index (Phi) is 16.8. The van der Waals surface area contributed by atoms with E-state index >= 15 is 0 Å². The SMILES string of the molecule is CC[C@H](C)[C@H](NC(=O)[C@H](Cc1ccccc1)NC(=O)[C@@H]1CCCN1C(=O)[C@H](CC(C)C)NC(=O)[C@H](C)N)C(=O)N1CCC[C@H]1C(=O)N[C@@H](Cc1ccccc1)C(=O)O. The van der Waals surface area contributed by atoms with E-state index in [1.165, 1.54) is 16.7 Å². The van der Waals surface area contributed by atoms with Crippen molar-refractivity contribution < 1.29 is 38.7 Å². The first-order chi connectivity index (χ1) is 27.6. The number of aliphatic carboxylic acids is 1. The van der Waals surface area contributed by atoms with Gasteiger partial charge in [0.2, 0.25) is 35.4 Å². The summed E-state index contributed by atoms with van der Waals surface area (Å²) in [5.74, 6) is -4.58. The zero-order valence-electron chi connectivity index (χ0n) is 34.3. The van der Waals surface area contributed by atoms with Crippen LogP contribution in [-0.2, 0) is 46.4 Å². The van der Waals surface area contributed by atoms with E-state index in [1.54, 1.807) is 24.3 Å². The van der Waals surface area contributed by atoms with E-state index in [9.17, 15) is 38.7 Å². The van der Waals surface area contributed by atoms with Gasteiger partial charge in [0.25, 0.3) is 0 Å². The normalized spacial score (nSPS) is 19.6. The molecule has 0 radical (unpaired) electrons. The molecule has 8 atom stereocenters. The number of nitrogens with one attached hydrogen (secondary N) is 4. The molecule has 0 bridgehead atoms. The van der Waals surface area contributed by atoms with Crippen LogP contribution in [0.1, 0.15) is 84.3 Å². The number of likely N-dealkylation sites (tertiary alicyclic amines) is 2. The van der Waals surface area contributed by atoms with Crippen molar-refractivity contribution in [1.29, 1.82) is 0 Å². The van der Waals surface area contributed by atoms with Crippen molar-refractivity contribution in [2.75, 3.05) is 13.1 Å². The molecule has 58 heavy (non-hydrogen) atoms. The second-order valence-corrected chi connectivity index (χ2v) is 16.1. The molecule has 0 aliphatic carbocycles. The zero-order valence-corrected chi connectivity index (χ0v) is 34.3. The number of hydrogen-bond acceptors (Lipinski definition) is 8. The predicted octanol–water partition coefficient (Wildman–Crippen LogP) is 1.92. The number of carbonyl (C=O) groups excluding carboxylic acids is 6. The Hall–Kier alpha value is -5.31. The van der Waals surface area contributed by atoms with Crippen LogP contribution in [0.2, 0.25) is 0 Å². The third-order valence-electron chi connectivity index (χ3n) is 11.0. The van der Waals surface area contributed by atoms with Gasteiger partial charge in [-0.25, -0.2) is 4.79 Å². The molecule has 2 aliphatic rings. The zero-order chi connectivity index (χ0) is 42.5. The molecule has 2 aromatic rings. The summed E-state index contributed by atoms with van der Waals surface area (Å²) >= 11 is 0. The molecule has 0 saturated carbocycles. The average Bonchev–Trinajstić information content (AvgIpc) is 3.90. The fourth-order valence-corrected chi connectivity index (χ4v) is 7.56. The summed E-state index contributed by atoms with van der Waals surface area (Å²) in [6.45, 7) is 9.62. The van der Waals surface area contributed by atoms with Gasteiger partial charge in [-0.3, -0.25) is 28.8 Å². The van der Waals surface area contributed by atoms with Crippen LogP contribution in [0.5, 0.6) is 0 Å². The van der Waals surface area contributed by atoms with Gasteiger partial charge in [0.1, 0.15) is 36.3 Å². The Balaban J connectivity index is 1.53. The second kappa shape index (κ2) is 21.4. The first-order valence-electron chi connectivity index (χ1n) is 20.5. The topological polar surface area (TPSA) is 220 Å². The molecule has 316 valence electrons. The van der Waals surface area contributed by atoms with Gasteiger partial charge in [0, 0.05) is 25.9 Å². The maximum atomic E-state index is 14.3. The highest BCUT2D eigenvalue weighted by atomic mass is 16.4. The lowest BCUT2D eigenvalue weighted by atomic mass is 9.96. The van der Waals surface area contributed by atoms with Gasteiger partial charge < -0.3 is 41.9 Å². The summed E-state index contributed by atoms with van der Waals surface area (Å²) in [5.41, 5.74) is 7.27. The fraction of sp³-hybridized carbons (Fsp3) is 0.558. The van der Waals surface area contributed by atoms with Gasteiger partial charge in [-0.05, 0) is 62.0 Å². The lowest BCUT2D eigenvalue weighted by Gasteiger charge is -2.33. The highest BCUT2D eigenvalue weighted by Gasteiger charge is 2.42. The molecule has 2 fully saturated rings. The van der Waals surface area contributed by atoms with Crippen LogP contribution >= 0.6 is 0 Å². The Bertz CT molecular complexity index is 1740. The summed E-state index contributed by atoms with van der Waals surface area (Å²) in [5, 5.41) is 21.1. The van der Waals surface area contributed by atoms with E-state index in [1.807, 2.05) is 64.1 Å². The number of nitrogens with two attached hydrogens (primary N) is 1. The number of carboxylic acids is 1. The number of carboxylic acid groups (broad SMARTS) is 1. The minimum absolute atomic E-state index is 0.0591. The molecule has 7 N–H and O–H groups in total. The Morgan fingerprint density at radius 2 is 1.16 bits per heavy atom. The lowest BCUT2D eigenvalue weighted by Crippen LogP contribution is -2.60. The van der Waals surface area contributed by atoms with Crippen molar-refractivity contribution in [3.63, 3.8) is 0 Å². The van der Waals surface area contributed by atoms with Gasteiger partial charge in [0.05, 0.1) is 6.04 Å². The third-order valence-corrected chi connectivity index (χ3v) is 11.0. The molecule has 2 heterocycles. The molecule has 6 amide bonds. The van der Waals surface area contributed by atoms with Crippen molar-refractivity contribution in [1.82, 2.24) is 31.1 Å². The molecule has 2 aromatic carbocycles. The highest BCUT2D eigenvalue weighted by Crippen LogP contribution is 2.24. The highest BCUT2D eigenvalue weighted by molar-refractivity contribution is 5.97. The van der Waals surface area contributed by atoms with Gasteiger partial charge in [-0.15, -0.1) is 0 Å². The maximum absolute atomic E-state index is 14.3. The Labute approximate surface area is 341 Å². The van der Waals surface area contributed by atoms with Crippen LogP contribution in [0.25, 0.3) is 0 Å². The maximum Gasteiger partial charge on any atom is 0.326 e. The molecule has 2 aliphatic heterocycles. The van der Waals surface area contributed by atoms with Crippen LogP contribution in [0.15, 0.2) is 60.7 Å². The first-order valence-corrected chi connectivity index (χ1v) is 20.5. The van der Waals surface area contributed by atoms with Crippen LogP contribution in [0.3, 0.4) is 0 Å². The standard InChI is InChI=1S/C43H61N7O8/c1-6-27(4)36(42(56)50-22-14-20-35(50)40(54)47-33(43(57)58)25-30-17-11-8-12-18-30)48-38(52)31(24-29-15-9-7-10-16-29)45-39(53)34-19-13-21-49(34)41(55)32(23-26(2)3)46-37(51)28(5)44/h7-12,15-18,26-28,31-36H,6,13-14,19-25,44H2,1-5H3,(H,45,53)(H,46,51)(H,47,54)(H,48,52)(H,57,58)/t27-,28-,31-,32-,33-,34-,35-,36-/m0/s1. The van der Waals surface area contributed by atoms with Crippen LogP contribution in [0, 0.1) is 11.8 Å². The predicted molar refractivity (Wildman–Crippen MR) is 218 cm³/mol. The van der Waals surface area contributed by atoms with Gasteiger partial charge >= 0.3 is 5.97 Å². The number of rotatable bonds is 19. The van der Waals surface area contributed by atoms with Crippen molar-refractivity contribution in [2.45, 2.75) is 128 Å². The van der Waals surface area contributed by atoms with E-state index in [4.69, 9.17) is 5.73 Å². The van der Waals surface area contributed by atoms with E-state index in [-0.39, 0.29) is 31.2 Å². The van der Waals surface area contributed by atoms with Crippen molar-refractivity contribution in [2.24, 2.45) is 17.6 Å². The van der Waals surface area contributed by atoms with Crippen molar-refractivity contribution >= 4 is 41.4 Å². The van der Waals surface area contributed by atoms with Crippen molar-refractivity contribution in [3.05, 3.63) is 71.8 Å². The smallest absolute Gasteiger partial charge is 0.326 e. The van der Waals surface area contributed by atoms with Gasteiger partial charge in [-0.2, -0.15) is 0 Å². The average molecular weight is 804 g/mol. The first kappa shape index (κ1) is 45.4. The molecule has 2 saturated heterocycles. The third kappa shape index (κ3) is 12.3. The molecule has 4 rings (SSSR count). The summed E-state index contributed by atoms with van der Waals surface area (Å²) < 4.78 is 0. The lowest BCUT2D eigenvalue weighted by molar-refractivity contribution is -0.145. The second-order valence-electron chi connectivity index (χ2n) is 16.1. The summed E-state index contributed by atoms with van der Waals surface area (Å²) in [7, 11) is 0. The monoisotopic (exact) mass is 803 g/mol. The quantitative estimate of drug-likeness (QED) is 0.122. The van der Waals surface area contributed by atoms with E-state index < -0.39 is 83.7 Å². The number of nitrogens with zero attached hydrogens (tertiary/aromatic N) is 2. The molecular formula is C43H61N7O8. The Morgan fingerprint density at radius 3 is 1.62 bits per heavy atom. The molecule has 0 aromatic heterocycles. The van der Waals surface area contributed by atoms with E-state index in [2.05, 4.69) is 21.3 Å². The summed E-state index contributed by atoms with van der Waals surface area (Å²) in [6.07, 6.45) is 2.75. The van der Waals surface area contributed by atoms with Crippen LogP contribution in [-0.4, -0.2) is 112 Å².